The van der Waals surface area contributed by atoms with Gasteiger partial charge in [-0.25, -0.2) is 9.69 Å². The van der Waals surface area contributed by atoms with E-state index in [9.17, 15) is 14.4 Å². The second-order valence-corrected chi connectivity index (χ2v) is 5.82. The van der Waals surface area contributed by atoms with E-state index in [-0.39, 0.29) is 24.8 Å². The molecular formula is C14H23NO5. The van der Waals surface area contributed by atoms with E-state index in [0.717, 1.165) is 4.90 Å². The third-order valence-corrected chi connectivity index (χ3v) is 2.89. The van der Waals surface area contributed by atoms with Crippen LogP contribution in [0.2, 0.25) is 0 Å². The summed E-state index contributed by atoms with van der Waals surface area (Å²) in [5.74, 6) is -1.21. The lowest BCUT2D eigenvalue weighted by Crippen LogP contribution is -2.41. The fraction of sp³-hybridized carbons (Fsp3) is 0.786. The largest absolute Gasteiger partial charge is 0.466 e. The molecule has 0 aromatic carbocycles. The van der Waals surface area contributed by atoms with Crippen molar-refractivity contribution in [2.75, 3.05) is 13.2 Å². The molecule has 1 aliphatic heterocycles. The smallest absolute Gasteiger partial charge is 0.417 e. The molecule has 1 rings (SSSR count). The molecular weight excluding hydrogens is 262 g/mol. The highest BCUT2D eigenvalue weighted by Crippen LogP contribution is 2.21. The van der Waals surface area contributed by atoms with Crippen molar-refractivity contribution in [3.8, 4) is 0 Å². The van der Waals surface area contributed by atoms with E-state index in [1.54, 1.807) is 27.7 Å². The average Bonchev–Trinajstić information content (AvgIpc) is 2.49. The number of carbonyl (C=O) groups excluding carboxylic acids is 3. The standard InChI is InChI=1S/C14H23NO5/c1-5-19-12(17)10-7-6-8-15(11(16)9-10)13(18)20-14(2,3)4/h10H,5-9H2,1-4H3. The number of imide groups is 1. The molecule has 6 nitrogen and oxygen atoms in total. The van der Waals surface area contributed by atoms with Crippen molar-refractivity contribution in [1.29, 1.82) is 0 Å². The average molecular weight is 285 g/mol. The summed E-state index contributed by atoms with van der Waals surface area (Å²) in [6, 6.07) is 0. The molecule has 0 aromatic rings. The molecule has 1 fully saturated rings. The molecule has 6 heteroatoms. The van der Waals surface area contributed by atoms with E-state index in [1.165, 1.54) is 0 Å². The van der Waals surface area contributed by atoms with Gasteiger partial charge in [-0.15, -0.1) is 0 Å². The molecule has 1 unspecified atom stereocenters. The van der Waals surface area contributed by atoms with E-state index in [1.807, 2.05) is 0 Å². The van der Waals surface area contributed by atoms with Crippen molar-refractivity contribution >= 4 is 18.0 Å². The van der Waals surface area contributed by atoms with E-state index in [2.05, 4.69) is 0 Å². The topological polar surface area (TPSA) is 72.9 Å². The molecule has 0 radical (unpaired) electrons. The van der Waals surface area contributed by atoms with Gasteiger partial charge in [-0.05, 0) is 40.5 Å². The highest BCUT2D eigenvalue weighted by atomic mass is 16.6. The summed E-state index contributed by atoms with van der Waals surface area (Å²) >= 11 is 0. The predicted octanol–water partition coefficient (Wildman–Crippen LogP) is 2.11. The third-order valence-electron chi connectivity index (χ3n) is 2.89. The van der Waals surface area contributed by atoms with Gasteiger partial charge in [0.2, 0.25) is 5.91 Å². The van der Waals surface area contributed by atoms with Gasteiger partial charge >= 0.3 is 12.1 Å². The molecule has 1 saturated heterocycles. The Kier molecular flexibility index (Phi) is 5.53. The van der Waals surface area contributed by atoms with E-state index in [4.69, 9.17) is 9.47 Å². The third kappa shape index (κ3) is 4.83. The highest BCUT2D eigenvalue weighted by molar-refractivity contribution is 5.94. The number of amides is 2. The summed E-state index contributed by atoms with van der Waals surface area (Å²) in [7, 11) is 0. The Morgan fingerprint density at radius 1 is 1.35 bits per heavy atom. The minimum Gasteiger partial charge on any atom is -0.466 e. The summed E-state index contributed by atoms with van der Waals surface area (Å²) in [5.41, 5.74) is -0.649. The number of ether oxygens (including phenoxy) is 2. The van der Waals surface area contributed by atoms with E-state index >= 15 is 0 Å². The summed E-state index contributed by atoms with van der Waals surface area (Å²) in [6.45, 7) is 7.53. The van der Waals surface area contributed by atoms with Crippen LogP contribution in [0.3, 0.4) is 0 Å². The normalized spacial score (nSPS) is 20.3. The summed E-state index contributed by atoms with van der Waals surface area (Å²) in [4.78, 5) is 36.8. The zero-order valence-electron chi connectivity index (χ0n) is 12.6. The molecule has 0 saturated carbocycles. The van der Waals surface area contributed by atoms with Crippen LogP contribution in [-0.2, 0) is 19.1 Å². The molecule has 0 spiro atoms. The quantitative estimate of drug-likeness (QED) is 0.727. The monoisotopic (exact) mass is 285 g/mol. The van der Waals surface area contributed by atoms with Crippen LogP contribution in [0.1, 0.15) is 47.0 Å². The van der Waals surface area contributed by atoms with Crippen LogP contribution < -0.4 is 0 Å². The van der Waals surface area contributed by atoms with Crippen molar-refractivity contribution in [3.63, 3.8) is 0 Å². The van der Waals surface area contributed by atoms with Crippen molar-refractivity contribution < 1.29 is 23.9 Å². The Bertz CT molecular complexity index is 386. The first-order valence-corrected chi connectivity index (χ1v) is 6.94. The van der Waals surface area contributed by atoms with Gasteiger partial charge < -0.3 is 9.47 Å². The maximum absolute atomic E-state index is 12.1. The van der Waals surface area contributed by atoms with Gasteiger partial charge in [0.05, 0.1) is 12.5 Å². The van der Waals surface area contributed by atoms with Crippen molar-refractivity contribution in [1.82, 2.24) is 4.90 Å². The molecule has 1 heterocycles. The molecule has 0 bridgehead atoms. The Hall–Kier alpha value is -1.59. The van der Waals surface area contributed by atoms with Gasteiger partial charge in [0.25, 0.3) is 0 Å². The lowest BCUT2D eigenvalue weighted by molar-refractivity contribution is -0.150. The number of nitrogens with zero attached hydrogens (tertiary/aromatic N) is 1. The number of rotatable bonds is 2. The number of likely N-dealkylation sites (tertiary alicyclic amines) is 1. The van der Waals surface area contributed by atoms with Crippen molar-refractivity contribution in [2.45, 2.75) is 52.6 Å². The van der Waals surface area contributed by atoms with Crippen LogP contribution in [0.5, 0.6) is 0 Å². The Labute approximate surface area is 119 Å². The zero-order chi connectivity index (χ0) is 15.3. The van der Waals surface area contributed by atoms with Crippen molar-refractivity contribution in [3.05, 3.63) is 0 Å². The first kappa shape index (κ1) is 16.5. The number of carbonyl (C=O) groups is 3. The van der Waals surface area contributed by atoms with Gasteiger partial charge in [-0.2, -0.15) is 0 Å². The molecule has 20 heavy (non-hydrogen) atoms. The second kappa shape index (κ2) is 6.72. The fourth-order valence-electron chi connectivity index (χ4n) is 2.01. The predicted molar refractivity (Wildman–Crippen MR) is 71.9 cm³/mol. The van der Waals surface area contributed by atoms with Gasteiger partial charge in [0.15, 0.2) is 0 Å². The lowest BCUT2D eigenvalue weighted by atomic mass is 10.0. The van der Waals surface area contributed by atoms with Crippen LogP contribution in [0.15, 0.2) is 0 Å². The first-order chi connectivity index (χ1) is 9.24. The molecule has 114 valence electrons. The second-order valence-electron chi connectivity index (χ2n) is 5.82. The summed E-state index contributed by atoms with van der Waals surface area (Å²) in [6.07, 6.45) is 0.475. The van der Waals surface area contributed by atoms with E-state index < -0.39 is 17.6 Å². The maximum atomic E-state index is 12.1. The minimum absolute atomic E-state index is 0.00191. The first-order valence-electron chi connectivity index (χ1n) is 6.94. The van der Waals surface area contributed by atoms with Gasteiger partial charge in [0, 0.05) is 13.0 Å². The SMILES string of the molecule is CCOC(=O)C1CCCN(C(=O)OC(C)(C)C)C(=O)C1. The van der Waals surface area contributed by atoms with Gasteiger partial charge in [0.1, 0.15) is 5.60 Å². The highest BCUT2D eigenvalue weighted by Gasteiger charge is 2.33. The maximum Gasteiger partial charge on any atom is 0.417 e. The Morgan fingerprint density at radius 3 is 2.55 bits per heavy atom. The molecule has 0 N–H and O–H groups in total. The zero-order valence-corrected chi connectivity index (χ0v) is 12.6. The number of hydrogen-bond acceptors (Lipinski definition) is 5. The number of hydrogen-bond donors (Lipinski definition) is 0. The van der Waals surface area contributed by atoms with Crippen LogP contribution >= 0.6 is 0 Å². The fourth-order valence-corrected chi connectivity index (χ4v) is 2.01. The molecule has 1 aliphatic rings. The Balaban J connectivity index is 2.68. The lowest BCUT2D eigenvalue weighted by Gasteiger charge is -2.25. The van der Waals surface area contributed by atoms with Gasteiger partial charge in [-0.1, -0.05) is 0 Å². The van der Waals surface area contributed by atoms with Crippen molar-refractivity contribution in [2.24, 2.45) is 5.92 Å². The molecule has 0 aromatic heterocycles. The molecule has 1 atom stereocenters. The number of esters is 1. The Morgan fingerprint density at radius 2 is 2.00 bits per heavy atom. The summed E-state index contributed by atoms with van der Waals surface area (Å²) in [5, 5.41) is 0. The molecule has 2 amide bonds. The minimum atomic E-state index is -0.649. The van der Waals surface area contributed by atoms with Crippen LogP contribution in [-0.4, -0.2) is 41.6 Å². The van der Waals surface area contributed by atoms with Gasteiger partial charge in [-0.3, -0.25) is 9.59 Å². The van der Waals surface area contributed by atoms with Crippen LogP contribution in [0.25, 0.3) is 0 Å². The molecule has 0 aliphatic carbocycles. The summed E-state index contributed by atoms with van der Waals surface area (Å²) < 4.78 is 10.1. The van der Waals surface area contributed by atoms with Crippen LogP contribution in [0.4, 0.5) is 4.79 Å². The van der Waals surface area contributed by atoms with E-state index in [0.29, 0.717) is 19.4 Å². The van der Waals surface area contributed by atoms with Crippen LogP contribution in [0, 0.1) is 5.92 Å².